The summed E-state index contributed by atoms with van der Waals surface area (Å²) in [5, 5.41) is 3.13. The summed E-state index contributed by atoms with van der Waals surface area (Å²) >= 11 is 5.90. The monoisotopic (exact) mass is 412 g/mol. The fourth-order valence-electron chi connectivity index (χ4n) is 2.19. The van der Waals surface area contributed by atoms with E-state index in [1.807, 2.05) is 0 Å². The second kappa shape index (κ2) is 8.60. The minimum atomic E-state index is -3.65. The van der Waals surface area contributed by atoms with Crippen molar-refractivity contribution in [1.29, 1.82) is 0 Å². The molecule has 2 aromatic carbocycles. The molecule has 9 heteroatoms. The molecule has 0 radical (unpaired) electrons. The van der Waals surface area contributed by atoms with Gasteiger partial charge in [0.25, 0.3) is 5.91 Å². The molecule has 27 heavy (non-hydrogen) atoms. The molecule has 0 fully saturated rings. The third-order valence-electron chi connectivity index (χ3n) is 3.69. The fraction of sp³-hybridized carbons (Fsp3) is 0.278. The summed E-state index contributed by atoms with van der Waals surface area (Å²) in [5.41, 5.74) is 0.229. The van der Waals surface area contributed by atoms with Crippen LogP contribution in [0.4, 0.5) is 5.69 Å². The standard InChI is InChI=1S/C18H21ClN2O5S/c1-12(26-14-7-5-6-13(19)10-14)18(22)20-16-11-15(8-9-17(16)25-4)27(23,24)21(2)3/h5-12H,1-4H3,(H,20,22)/t12-/m1/s1. The van der Waals surface area contributed by atoms with Crippen molar-refractivity contribution >= 4 is 33.2 Å². The predicted molar refractivity (Wildman–Crippen MR) is 104 cm³/mol. The van der Waals surface area contributed by atoms with Gasteiger partial charge in [0, 0.05) is 19.1 Å². The van der Waals surface area contributed by atoms with E-state index in [4.69, 9.17) is 21.1 Å². The molecule has 0 aromatic heterocycles. The molecule has 2 rings (SSSR count). The van der Waals surface area contributed by atoms with Crippen molar-refractivity contribution in [3.63, 3.8) is 0 Å². The summed E-state index contributed by atoms with van der Waals surface area (Å²) in [6.07, 6.45) is -0.845. The molecule has 0 aliphatic heterocycles. The van der Waals surface area contributed by atoms with Crippen molar-refractivity contribution in [3.05, 3.63) is 47.5 Å². The number of benzene rings is 2. The first-order valence-corrected chi connectivity index (χ1v) is 9.80. The maximum atomic E-state index is 12.5. The van der Waals surface area contributed by atoms with Gasteiger partial charge >= 0.3 is 0 Å². The number of rotatable bonds is 7. The van der Waals surface area contributed by atoms with Gasteiger partial charge in [-0.25, -0.2) is 12.7 Å². The molecule has 0 spiro atoms. The molecule has 0 saturated carbocycles. The zero-order valence-corrected chi connectivity index (χ0v) is 17.0. The Morgan fingerprint density at radius 2 is 1.89 bits per heavy atom. The van der Waals surface area contributed by atoms with Crippen LogP contribution in [0, 0.1) is 0 Å². The van der Waals surface area contributed by atoms with Gasteiger partial charge in [-0.15, -0.1) is 0 Å². The Bertz CT molecular complexity index is 931. The van der Waals surface area contributed by atoms with E-state index in [-0.39, 0.29) is 10.6 Å². The molecule has 1 N–H and O–H groups in total. The number of anilines is 1. The van der Waals surface area contributed by atoms with E-state index in [9.17, 15) is 13.2 Å². The molecule has 0 saturated heterocycles. The van der Waals surface area contributed by atoms with Gasteiger partial charge in [-0.05, 0) is 43.3 Å². The minimum Gasteiger partial charge on any atom is -0.495 e. The third-order valence-corrected chi connectivity index (χ3v) is 5.73. The number of carbonyl (C=O) groups excluding carboxylic acids is 1. The normalized spacial score (nSPS) is 12.5. The van der Waals surface area contributed by atoms with Crippen LogP contribution in [-0.2, 0) is 14.8 Å². The van der Waals surface area contributed by atoms with E-state index in [0.29, 0.717) is 16.5 Å². The Kier molecular flexibility index (Phi) is 6.69. The summed E-state index contributed by atoms with van der Waals surface area (Å²) in [6, 6.07) is 10.9. The summed E-state index contributed by atoms with van der Waals surface area (Å²) in [7, 11) is 0.633. The summed E-state index contributed by atoms with van der Waals surface area (Å²) in [5.74, 6) is 0.310. The number of halogens is 1. The second-order valence-corrected chi connectivity index (χ2v) is 8.44. The van der Waals surface area contributed by atoms with Crippen LogP contribution in [0.3, 0.4) is 0 Å². The molecular formula is C18H21ClN2O5S. The van der Waals surface area contributed by atoms with Crippen LogP contribution >= 0.6 is 11.6 Å². The minimum absolute atomic E-state index is 0.0343. The summed E-state index contributed by atoms with van der Waals surface area (Å²) < 4.78 is 36.5. The highest BCUT2D eigenvalue weighted by atomic mass is 35.5. The van der Waals surface area contributed by atoms with Crippen LogP contribution in [0.2, 0.25) is 5.02 Å². The van der Waals surface area contributed by atoms with Crippen LogP contribution in [0.5, 0.6) is 11.5 Å². The highest BCUT2D eigenvalue weighted by molar-refractivity contribution is 7.89. The number of ether oxygens (including phenoxy) is 2. The number of nitrogens with zero attached hydrogens (tertiary/aromatic N) is 1. The maximum Gasteiger partial charge on any atom is 0.265 e. The van der Waals surface area contributed by atoms with E-state index in [1.54, 1.807) is 31.2 Å². The molecule has 0 aliphatic rings. The zero-order valence-electron chi connectivity index (χ0n) is 15.4. The van der Waals surface area contributed by atoms with Gasteiger partial charge in [0.2, 0.25) is 10.0 Å². The Labute approximate surface area is 163 Å². The van der Waals surface area contributed by atoms with E-state index in [0.717, 1.165) is 4.31 Å². The van der Waals surface area contributed by atoms with Gasteiger partial charge in [-0.1, -0.05) is 17.7 Å². The smallest absolute Gasteiger partial charge is 0.265 e. The van der Waals surface area contributed by atoms with Crippen LogP contribution in [0.1, 0.15) is 6.92 Å². The van der Waals surface area contributed by atoms with Gasteiger partial charge in [0.05, 0.1) is 17.7 Å². The number of methoxy groups -OCH3 is 1. The number of hydrogen-bond donors (Lipinski definition) is 1. The highest BCUT2D eigenvalue weighted by Gasteiger charge is 2.21. The van der Waals surface area contributed by atoms with Crippen molar-refractivity contribution in [2.24, 2.45) is 0 Å². The average molecular weight is 413 g/mol. The number of carbonyl (C=O) groups is 1. The van der Waals surface area contributed by atoms with Gasteiger partial charge in [0.1, 0.15) is 11.5 Å². The van der Waals surface area contributed by atoms with Crippen molar-refractivity contribution in [2.45, 2.75) is 17.9 Å². The first-order chi connectivity index (χ1) is 12.6. The number of amides is 1. The zero-order chi connectivity index (χ0) is 20.2. The molecule has 0 heterocycles. The van der Waals surface area contributed by atoms with Gasteiger partial charge in [-0.3, -0.25) is 4.79 Å². The van der Waals surface area contributed by atoms with Crippen LogP contribution in [0.15, 0.2) is 47.4 Å². The highest BCUT2D eigenvalue weighted by Crippen LogP contribution is 2.29. The molecule has 0 bridgehead atoms. The molecule has 1 atom stereocenters. The Morgan fingerprint density at radius 1 is 1.19 bits per heavy atom. The van der Waals surface area contributed by atoms with Gasteiger partial charge < -0.3 is 14.8 Å². The van der Waals surface area contributed by atoms with Crippen LogP contribution in [-0.4, -0.2) is 45.9 Å². The molecular weight excluding hydrogens is 392 g/mol. The van der Waals surface area contributed by atoms with E-state index in [1.165, 1.54) is 39.4 Å². The lowest BCUT2D eigenvalue weighted by Gasteiger charge is -2.18. The lowest BCUT2D eigenvalue weighted by molar-refractivity contribution is -0.122. The maximum absolute atomic E-state index is 12.5. The van der Waals surface area contributed by atoms with Crippen LogP contribution in [0.25, 0.3) is 0 Å². The average Bonchev–Trinajstić information content (AvgIpc) is 2.61. The summed E-state index contributed by atoms with van der Waals surface area (Å²) in [4.78, 5) is 12.5. The van der Waals surface area contributed by atoms with Crippen molar-refractivity contribution in [1.82, 2.24) is 4.31 Å². The quantitative estimate of drug-likeness (QED) is 0.755. The Morgan fingerprint density at radius 3 is 2.48 bits per heavy atom. The first-order valence-electron chi connectivity index (χ1n) is 7.99. The molecule has 1 amide bonds. The van der Waals surface area contributed by atoms with Gasteiger partial charge in [0.15, 0.2) is 6.10 Å². The van der Waals surface area contributed by atoms with E-state index >= 15 is 0 Å². The Hall–Kier alpha value is -2.29. The van der Waals surface area contributed by atoms with Gasteiger partial charge in [-0.2, -0.15) is 0 Å². The van der Waals surface area contributed by atoms with Crippen molar-refractivity contribution < 1.29 is 22.7 Å². The lowest BCUT2D eigenvalue weighted by atomic mass is 10.2. The molecule has 7 nitrogen and oxygen atoms in total. The van der Waals surface area contributed by atoms with Crippen LogP contribution < -0.4 is 14.8 Å². The number of hydrogen-bond acceptors (Lipinski definition) is 5. The first kappa shape index (κ1) is 21.0. The molecule has 2 aromatic rings. The largest absolute Gasteiger partial charge is 0.495 e. The molecule has 0 unspecified atom stereocenters. The summed E-state index contributed by atoms with van der Waals surface area (Å²) in [6.45, 7) is 1.57. The van der Waals surface area contributed by atoms with Crippen molar-refractivity contribution in [3.8, 4) is 11.5 Å². The fourth-order valence-corrected chi connectivity index (χ4v) is 3.30. The van der Waals surface area contributed by atoms with E-state index in [2.05, 4.69) is 5.32 Å². The number of sulfonamides is 1. The number of nitrogens with one attached hydrogen (secondary N) is 1. The SMILES string of the molecule is COc1ccc(S(=O)(=O)N(C)C)cc1NC(=O)[C@@H](C)Oc1cccc(Cl)c1. The Balaban J connectivity index is 2.23. The third kappa shape index (κ3) is 5.12. The second-order valence-electron chi connectivity index (χ2n) is 5.86. The van der Waals surface area contributed by atoms with Crippen molar-refractivity contribution in [2.75, 3.05) is 26.5 Å². The topological polar surface area (TPSA) is 84.9 Å². The van der Waals surface area contributed by atoms with E-state index < -0.39 is 22.0 Å². The predicted octanol–water partition coefficient (Wildman–Crippen LogP) is 3.00. The molecule has 0 aliphatic carbocycles. The lowest BCUT2D eigenvalue weighted by Crippen LogP contribution is -2.30. The molecule has 146 valence electrons.